The molecule has 98 valence electrons. The predicted octanol–water partition coefficient (Wildman–Crippen LogP) is 0.699. The summed E-state index contributed by atoms with van der Waals surface area (Å²) in [6.45, 7) is 0. The minimum Gasteiger partial charge on any atom is -0.469 e. The lowest BCUT2D eigenvalue weighted by atomic mass is 10.1. The first-order valence-corrected chi connectivity index (χ1v) is 5.90. The molecule has 0 aromatic carbocycles. The molecule has 2 N–H and O–H groups in total. The number of esters is 1. The number of rotatable bonds is 2. The molecule has 7 heteroatoms. The molecule has 0 fully saturated rings. The highest BCUT2D eigenvalue weighted by Crippen LogP contribution is 2.31. The summed E-state index contributed by atoms with van der Waals surface area (Å²) in [7, 11) is 1.39. The van der Waals surface area contributed by atoms with Gasteiger partial charge in [0.1, 0.15) is 11.8 Å². The average Bonchev–Trinajstić information content (AvgIpc) is 3.04. The van der Waals surface area contributed by atoms with E-state index in [4.69, 9.17) is 10.5 Å². The van der Waals surface area contributed by atoms with E-state index in [1.165, 1.54) is 13.4 Å². The molecule has 2 heterocycles. The molecule has 2 aromatic rings. The maximum absolute atomic E-state index is 11.5. The maximum atomic E-state index is 11.5. The van der Waals surface area contributed by atoms with Gasteiger partial charge in [-0.3, -0.25) is 4.79 Å². The van der Waals surface area contributed by atoms with E-state index in [-0.39, 0.29) is 17.9 Å². The second-order valence-electron chi connectivity index (χ2n) is 4.40. The van der Waals surface area contributed by atoms with E-state index in [0.29, 0.717) is 23.4 Å². The molecule has 7 nitrogen and oxygen atoms in total. The smallest absolute Gasteiger partial charge is 0.312 e. The first-order chi connectivity index (χ1) is 9.20. The number of imidazole rings is 1. The predicted molar refractivity (Wildman–Crippen MR) is 68.0 cm³/mol. The molecule has 0 amide bonds. The van der Waals surface area contributed by atoms with Crippen LogP contribution in [0.4, 0.5) is 5.82 Å². The lowest BCUT2D eigenvalue weighted by molar-refractivity contribution is -0.143. The first-order valence-electron chi connectivity index (χ1n) is 5.90. The fourth-order valence-corrected chi connectivity index (χ4v) is 2.32. The number of anilines is 1. The third kappa shape index (κ3) is 1.83. The summed E-state index contributed by atoms with van der Waals surface area (Å²) in [4.78, 5) is 23.8. The third-order valence-electron chi connectivity index (χ3n) is 3.31. The molecular weight excluding hydrogens is 246 g/mol. The highest BCUT2D eigenvalue weighted by atomic mass is 16.5. The van der Waals surface area contributed by atoms with Crippen molar-refractivity contribution in [1.82, 2.24) is 19.5 Å². The summed E-state index contributed by atoms with van der Waals surface area (Å²) in [5.74, 6) is -0.0841. The number of hydrogen-bond acceptors (Lipinski definition) is 6. The molecule has 0 radical (unpaired) electrons. The van der Waals surface area contributed by atoms with Crippen LogP contribution in [0.5, 0.6) is 0 Å². The molecule has 3 rings (SSSR count). The van der Waals surface area contributed by atoms with Crippen molar-refractivity contribution >= 4 is 23.0 Å². The van der Waals surface area contributed by atoms with Crippen molar-refractivity contribution in [2.24, 2.45) is 5.92 Å². The molecule has 0 saturated carbocycles. The van der Waals surface area contributed by atoms with Crippen LogP contribution < -0.4 is 5.73 Å². The molecule has 2 unspecified atom stereocenters. The summed E-state index contributed by atoms with van der Waals surface area (Å²) in [5.41, 5.74) is 7.00. The summed E-state index contributed by atoms with van der Waals surface area (Å²) >= 11 is 0. The van der Waals surface area contributed by atoms with E-state index in [9.17, 15) is 4.79 Å². The topological polar surface area (TPSA) is 95.9 Å². The fourth-order valence-electron chi connectivity index (χ4n) is 2.32. The van der Waals surface area contributed by atoms with Gasteiger partial charge in [0, 0.05) is 0 Å². The van der Waals surface area contributed by atoms with Crippen molar-refractivity contribution in [1.29, 1.82) is 0 Å². The van der Waals surface area contributed by atoms with Crippen LogP contribution in [0, 0.1) is 5.92 Å². The van der Waals surface area contributed by atoms with Crippen LogP contribution in [0.25, 0.3) is 11.2 Å². The van der Waals surface area contributed by atoms with Crippen molar-refractivity contribution in [2.75, 3.05) is 12.8 Å². The van der Waals surface area contributed by atoms with E-state index in [2.05, 4.69) is 15.0 Å². The van der Waals surface area contributed by atoms with Crippen LogP contribution in [0.2, 0.25) is 0 Å². The minimum atomic E-state index is -0.225. The molecule has 2 atom stereocenters. The number of methoxy groups -OCH3 is 1. The Morgan fingerprint density at radius 1 is 1.42 bits per heavy atom. The molecule has 0 bridgehead atoms. The minimum absolute atomic E-state index is 0.0309. The molecule has 1 aliphatic rings. The van der Waals surface area contributed by atoms with Crippen LogP contribution in [0.1, 0.15) is 12.5 Å². The maximum Gasteiger partial charge on any atom is 0.312 e. The molecule has 0 aliphatic heterocycles. The van der Waals surface area contributed by atoms with Gasteiger partial charge in [0.2, 0.25) is 0 Å². The van der Waals surface area contributed by atoms with Crippen LogP contribution in [0.3, 0.4) is 0 Å². The van der Waals surface area contributed by atoms with Gasteiger partial charge in [0.05, 0.1) is 25.4 Å². The number of nitrogens with zero attached hydrogens (tertiary/aromatic N) is 4. The molecule has 19 heavy (non-hydrogen) atoms. The van der Waals surface area contributed by atoms with Gasteiger partial charge in [-0.1, -0.05) is 12.2 Å². The Balaban J connectivity index is 1.93. The number of carbonyl (C=O) groups excluding carboxylic acids is 1. The number of aromatic nitrogens is 4. The van der Waals surface area contributed by atoms with Gasteiger partial charge in [-0.25, -0.2) is 15.0 Å². The van der Waals surface area contributed by atoms with Gasteiger partial charge in [0.25, 0.3) is 0 Å². The van der Waals surface area contributed by atoms with Crippen molar-refractivity contribution in [3.05, 3.63) is 24.8 Å². The Kier molecular flexibility index (Phi) is 2.66. The van der Waals surface area contributed by atoms with Gasteiger partial charge in [-0.15, -0.1) is 0 Å². The quantitative estimate of drug-likeness (QED) is 0.630. The van der Waals surface area contributed by atoms with E-state index in [0.717, 1.165) is 0 Å². The number of carbonyl (C=O) groups is 1. The average molecular weight is 259 g/mol. The molecule has 1 aliphatic carbocycles. The van der Waals surface area contributed by atoms with Gasteiger partial charge in [0.15, 0.2) is 11.5 Å². The number of ether oxygens (including phenoxy) is 1. The molecule has 0 saturated heterocycles. The summed E-state index contributed by atoms with van der Waals surface area (Å²) in [6.07, 6.45) is 7.53. The summed E-state index contributed by atoms with van der Waals surface area (Å²) < 4.78 is 6.64. The van der Waals surface area contributed by atoms with Gasteiger partial charge in [-0.2, -0.15) is 0 Å². The zero-order valence-electron chi connectivity index (χ0n) is 10.4. The van der Waals surface area contributed by atoms with Crippen LogP contribution in [0.15, 0.2) is 24.8 Å². The lowest BCUT2D eigenvalue weighted by Crippen LogP contribution is -2.14. The van der Waals surface area contributed by atoms with E-state index < -0.39 is 0 Å². The normalized spacial score (nSPS) is 21.9. The number of nitrogens with two attached hydrogens (primary N) is 1. The number of allylic oxidation sites excluding steroid dienone is 1. The highest BCUT2D eigenvalue weighted by molar-refractivity contribution is 5.81. The van der Waals surface area contributed by atoms with Gasteiger partial charge < -0.3 is 15.0 Å². The molecule has 2 aromatic heterocycles. The first kappa shape index (κ1) is 11.6. The van der Waals surface area contributed by atoms with Crippen LogP contribution >= 0.6 is 0 Å². The zero-order valence-corrected chi connectivity index (χ0v) is 10.4. The highest BCUT2D eigenvalue weighted by Gasteiger charge is 2.27. The van der Waals surface area contributed by atoms with Crippen molar-refractivity contribution < 1.29 is 9.53 Å². The van der Waals surface area contributed by atoms with Crippen molar-refractivity contribution in [3.63, 3.8) is 0 Å². The Morgan fingerprint density at radius 2 is 2.26 bits per heavy atom. The Labute approximate surface area is 109 Å². The third-order valence-corrected chi connectivity index (χ3v) is 3.31. The number of fused-ring (bicyclic) bond motifs is 1. The largest absolute Gasteiger partial charge is 0.469 e. The summed E-state index contributed by atoms with van der Waals surface area (Å²) in [5, 5.41) is 0. The lowest BCUT2D eigenvalue weighted by Gasteiger charge is -2.12. The zero-order chi connectivity index (χ0) is 13.4. The monoisotopic (exact) mass is 259 g/mol. The number of nitrogen functional groups attached to an aromatic ring is 1. The second-order valence-corrected chi connectivity index (χ2v) is 4.40. The van der Waals surface area contributed by atoms with Crippen molar-refractivity contribution in [2.45, 2.75) is 12.5 Å². The SMILES string of the molecule is COC(=O)C1C=CC(n2cnc3c(N)ncnc32)C1. The van der Waals surface area contributed by atoms with Gasteiger partial charge in [-0.05, 0) is 6.42 Å². The fraction of sp³-hybridized carbons (Fsp3) is 0.333. The Morgan fingerprint density at radius 3 is 3.05 bits per heavy atom. The summed E-state index contributed by atoms with van der Waals surface area (Å²) in [6, 6.07) is 0.0309. The van der Waals surface area contributed by atoms with Gasteiger partial charge >= 0.3 is 5.97 Å². The van der Waals surface area contributed by atoms with Crippen LogP contribution in [-0.4, -0.2) is 32.6 Å². The van der Waals surface area contributed by atoms with E-state index in [1.807, 2.05) is 16.7 Å². The Bertz CT molecular complexity index is 663. The van der Waals surface area contributed by atoms with Crippen molar-refractivity contribution in [3.8, 4) is 0 Å². The standard InChI is InChI=1S/C12H13N5O2/c1-19-12(18)7-2-3-8(4-7)17-6-16-9-10(13)14-5-15-11(9)17/h2-3,5-8H,4H2,1H3,(H2,13,14,15). The Hall–Kier alpha value is -2.44. The van der Waals surface area contributed by atoms with Crippen LogP contribution in [-0.2, 0) is 9.53 Å². The molecule has 0 spiro atoms. The number of hydrogen-bond donors (Lipinski definition) is 1. The second kappa shape index (κ2) is 4.34. The van der Waals surface area contributed by atoms with E-state index in [1.54, 1.807) is 6.33 Å². The van der Waals surface area contributed by atoms with E-state index >= 15 is 0 Å². The molecular formula is C12H13N5O2.